The SMILES string of the molecule is CCCCCC(Cc1cn2ccsc2n1)NCCC. The molecule has 0 saturated carbocycles. The molecule has 0 bridgehead atoms. The van der Waals surface area contributed by atoms with Crippen LogP contribution < -0.4 is 5.32 Å². The van der Waals surface area contributed by atoms with Gasteiger partial charge < -0.3 is 5.32 Å². The van der Waals surface area contributed by atoms with E-state index in [1.807, 2.05) is 0 Å². The molecule has 2 aromatic heterocycles. The number of thiazole rings is 1. The zero-order valence-corrected chi connectivity index (χ0v) is 12.9. The van der Waals surface area contributed by atoms with E-state index in [2.05, 4.69) is 41.3 Å². The molecule has 0 aliphatic rings. The van der Waals surface area contributed by atoms with E-state index in [1.54, 1.807) is 11.3 Å². The molecular formula is C15H25N3S. The van der Waals surface area contributed by atoms with Crippen LogP contribution in [0.5, 0.6) is 0 Å². The lowest BCUT2D eigenvalue weighted by Crippen LogP contribution is -2.31. The average molecular weight is 279 g/mol. The molecule has 0 spiro atoms. The lowest BCUT2D eigenvalue weighted by Gasteiger charge is -2.17. The summed E-state index contributed by atoms with van der Waals surface area (Å²) in [7, 11) is 0. The Bertz CT molecular complexity index is 446. The van der Waals surface area contributed by atoms with Gasteiger partial charge in [0, 0.05) is 30.2 Å². The third-order valence-electron chi connectivity index (χ3n) is 3.44. The maximum atomic E-state index is 4.69. The molecule has 3 nitrogen and oxygen atoms in total. The molecule has 0 fully saturated rings. The van der Waals surface area contributed by atoms with Crippen LogP contribution in [0.1, 0.15) is 51.6 Å². The van der Waals surface area contributed by atoms with E-state index in [9.17, 15) is 0 Å². The van der Waals surface area contributed by atoms with Crippen LogP contribution >= 0.6 is 11.3 Å². The average Bonchev–Trinajstić information content (AvgIpc) is 2.96. The summed E-state index contributed by atoms with van der Waals surface area (Å²) in [6, 6.07) is 0.580. The van der Waals surface area contributed by atoms with Gasteiger partial charge in [0.1, 0.15) is 0 Å². The summed E-state index contributed by atoms with van der Waals surface area (Å²) in [5.74, 6) is 0. The van der Waals surface area contributed by atoms with Crippen LogP contribution in [-0.2, 0) is 6.42 Å². The van der Waals surface area contributed by atoms with Crippen molar-refractivity contribution in [3.05, 3.63) is 23.5 Å². The first kappa shape index (κ1) is 14.5. The summed E-state index contributed by atoms with van der Waals surface area (Å²) >= 11 is 1.71. The van der Waals surface area contributed by atoms with Gasteiger partial charge in [-0.2, -0.15) is 0 Å². The van der Waals surface area contributed by atoms with Crippen LogP contribution in [-0.4, -0.2) is 22.0 Å². The minimum atomic E-state index is 0.580. The first-order valence-corrected chi connectivity index (χ1v) is 8.36. The Morgan fingerprint density at radius 3 is 2.95 bits per heavy atom. The molecule has 4 heteroatoms. The largest absolute Gasteiger partial charge is 0.314 e. The maximum Gasteiger partial charge on any atom is 0.193 e. The van der Waals surface area contributed by atoms with Crippen molar-refractivity contribution in [1.82, 2.24) is 14.7 Å². The van der Waals surface area contributed by atoms with Crippen molar-refractivity contribution in [2.45, 2.75) is 58.4 Å². The van der Waals surface area contributed by atoms with Gasteiger partial charge in [0.15, 0.2) is 4.96 Å². The molecule has 0 saturated heterocycles. The lowest BCUT2D eigenvalue weighted by molar-refractivity contribution is 0.453. The van der Waals surface area contributed by atoms with E-state index < -0.39 is 0 Å². The smallest absolute Gasteiger partial charge is 0.193 e. The van der Waals surface area contributed by atoms with Gasteiger partial charge in [0.25, 0.3) is 0 Å². The van der Waals surface area contributed by atoms with Crippen LogP contribution in [0.25, 0.3) is 4.96 Å². The van der Waals surface area contributed by atoms with Gasteiger partial charge >= 0.3 is 0 Å². The number of imidazole rings is 1. The van der Waals surface area contributed by atoms with Gasteiger partial charge in [-0.25, -0.2) is 4.98 Å². The van der Waals surface area contributed by atoms with E-state index in [4.69, 9.17) is 4.98 Å². The Morgan fingerprint density at radius 2 is 2.21 bits per heavy atom. The van der Waals surface area contributed by atoms with Gasteiger partial charge in [-0.05, 0) is 19.4 Å². The maximum absolute atomic E-state index is 4.69. The molecule has 2 aromatic rings. The molecule has 1 unspecified atom stereocenters. The number of unbranched alkanes of at least 4 members (excludes halogenated alkanes) is 2. The number of aromatic nitrogens is 2. The van der Waals surface area contributed by atoms with Crippen LogP contribution in [0, 0.1) is 0 Å². The highest BCUT2D eigenvalue weighted by Crippen LogP contribution is 2.14. The quantitative estimate of drug-likeness (QED) is 0.706. The van der Waals surface area contributed by atoms with Crippen LogP contribution in [0.4, 0.5) is 0 Å². The topological polar surface area (TPSA) is 29.3 Å². The molecule has 1 N–H and O–H groups in total. The van der Waals surface area contributed by atoms with Crippen molar-refractivity contribution in [1.29, 1.82) is 0 Å². The van der Waals surface area contributed by atoms with Crippen LogP contribution in [0.2, 0.25) is 0 Å². The monoisotopic (exact) mass is 279 g/mol. The molecule has 19 heavy (non-hydrogen) atoms. The minimum Gasteiger partial charge on any atom is -0.314 e. The molecule has 106 valence electrons. The van der Waals surface area contributed by atoms with E-state index >= 15 is 0 Å². The number of hydrogen-bond donors (Lipinski definition) is 1. The second-order valence-corrected chi connectivity index (χ2v) is 6.05. The minimum absolute atomic E-state index is 0.580. The molecule has 0 aromatic carbocycles. The predicted octanol–water partition coefficient (Wildman–Crippen LogP) is 3.89. The van der Waals surface area contributed by atoms with E-state index in [1.165, 1.54) is 37.8 Å². The third-order valence-corrected chi connectivity index (χ3v) is 4.21. The Labute approximate surface area is 120 Å². The lowest BCUT2D eigenvalue weighted by atomic mass is 10.0. The number of rotatable bonds is 9. The summed E-state index contributed by atoms with van der Waals surface area (Å²) in [4.78, 5) is 5.80. The van der Waals surface area contributed by atoms with Gasteiger partial charge in [-0.15, -0.1) is 11.3 Å². The highest BCUT2D eigenvalue weighted by molar-refractivity contribution is 7.15. The van der Waals surface area contributed by atoms with E-state index in [0.29, 0.717) is 6.04 Å². The van der Waals surface area contributed by atoms with E-state index in [0.717, 1.165) is 17.9 Å². The van der Waals surface area contributed by atoms with Gasteiger partial charge in [-0.3, -0.25) is 4.40 Å². The standard InChI is InChI=1S/C15H25N3S/c1-3-5-6-7-13(16-8-4-2)11-14-12-18-9-10-19-15(18)17-14/h9-10,12-13,16H,3-8,11H2,1-2H3. The molecule has 0 aliphatic heterocycles. The second-order valence-electron chi connectivity index (χ2n) is 5.18. The molecular weight excluding hydrogens is 254 g/mol. The molecule has 0 amide bonds. The highest BCUT2D eigenvalue weighted by atomic mass is 32.1. The van der Waals surface area contributed by atoms with Gasteiger partial charge in [0.2, 0.25) is 0 Å². The fraction of sp³-hybridized carbons (Fsp3) is 0.667. The third kappa shape index (κ3) is 4.32. The Kier molecular flexibility index (Phi) is 5.86. The molecule has 0 radical (unpaired) electrons. The molecule has 0 aliphatic carbocycles. The summed E-state index contributed by atoms with van der Waals surface area (Å²) in [6.07, 6.45) is 11.7. The first-order valence-electron chi connectivity index (χ1n) is 7.48. The van der Waals surface area contributed by atoms with Gasteiger partial charge in [0.05, 0.1) is 5.69 Å². The summed E-state index contributed by atoms with van der Waals surface area (Å²) in [5.41, 5.74) is 1.22. The fourth-order valence-corrected chi connectivity index (χ4v) is 3.11. The van der Waals surface area contributed by atoms with Crippen molar-refractivity contribution < 1.29 is 0 Å². The summed E-state index contributed by atoms with van der Waals surface area (Å²) in [6.45, 7) is 5.60. The van der Waals surface area contributed by atoms with Crippen molar-refractivity contribution in [2.75, 3.05) is 6.54 Å². The Balaban J connectivity index is 1.91. The van der Waals surface area contributed by atoms with Crippen molar-refractivity contribution >= 4 is 16.3 Å². The summed E-state index contributed by atoms with van der Waals surface area (Å²) < 4.78 is 2.13. The predicted molar refractivity (Wildman–Crippen MR) is 83.0 cm³/mol. The van der Waals surface area contributed by atoms with Crippen molar-refractivity contribution in [2.24, 2.45) is 0 Å². The van der Waals surface area contributed by atoms with E-state index in [-0.39, 0.29) is 0 Å². The highest BCUT2D eigenvalue weighted by Gasteiger charge is 2.11. The molecule has 2 rings (SSSR count). The second kappa shape index (κ2) is 7.65. The Morgan fingerprint density at radius 1 is 1.32 bits per heavy atom. The normalized spacial score (nSPS) is 13.2. The van der Waals surface area contributed by atoms with Crippen molar-refractivity contribution in [3.63, 3.8) is 0 Å². The molecule has 2 heterocycles. The Hall–Kier alpha value is -0.870. The number of nitrogens with zero attached hydrogens (tertiary/aromatic N) is 2. The number of hydrogen-bond acceptors (Lipinski definition) is 3. The van der Waals surface area contributed by atoms with Crippen LogP contribution in [0.3, 0.4) is 0 Å². The van der Waals surface area contributed by atoms with Crippen LogP contribution in [0.15, 0.2) is 17.8 Å². The zero-order valence-electron chi connectivity index (χ0n) is 12.1. The number of nitrogens with one attached hydrogen (secondary N) is 1. The fourth-order valence-electron chi connectivity index (χ4n) is 2.39. The number of fused-ring (bicyclic) bond motifs is 1. The summed E-state index contributed by atoms with van der Waals surface area (Å²) in [5, 5.41) is 5.75. The first-order chi connectivity index (χ1) is 9.33. The molecule has 1 atom stereocenters. The van der Waals surface area contributed by atoms with Gasteiger partial charge in [-0.1, -0.05) is 33.1 Å². The zero-order chi connectivity index (χ0) is 13.5. The van der Waals surface area contributed by atoms with Crippen molar-refractivity contribution in [3.8, 4) is 0 Å².